The first-order valence-electron chi connectivity index (χ1n) is 6.03. The van der Waals surface area contributed by atoms with Gasteiger partial charge in [0.1, 0.15) is 18.2 Å². The lowest BCUT2D eigenvalue weighted by atomic mass is 10.2. The molecule has 0 saturated heterocycles. The van der Waals surface area contributed by atoms with Crippen LogP contribution in [0.3, 0.4) is 0 Å². The number of carbonyl (C=O) groups is 1. The summed E-state index contributed by atoms with van der Waals surface area (Å²) in [5.41, 5.74) is 0.301. The molecule has 0 aliphatic heterocycles. The van der Waals surface area contributed by atoms with Gasteiger partial charge in [-0.15, -0.1) is 0 Å². The number of hydrogen-bond donors (Lipinski definition) is 0. The van der Waals surface area contributed by atoms with Crippen molar-refractivity contribution >= 4 is 29.2 Å². The molecule has 0 aromatic heterocycles. The van der Waals surface area contributed by atoms with Crippen LogP contribution in [0.5, 0.6) is 5.75 Å². The van der Waals surface area contributed by atoms with Crippen molar-refractivity contribution in [1.82, 2.24) is 0 Å². The van der Waals surface area contributed by atoms with Gasteiger partial charge in [-0.05, 0) is 24.3 Å². The maximum Gasteiger partial charge on any atom is 0.344 e. The van der Waals surface area contributed by atoms with E-state index in [1.807, 2.05) is 0 Å². The highest BCUT2D eigenvalue weighted by Crippen LogP contribution is 2.27. The van der Waals surface area contributed by atoms with Gasteiger partial charge in [0, 0.05) is 10.6 Å². The van der Waals surface area contributed by atoms with Crippen LogP contribution in [-0.2, 0) is 16.1 Å². The summed E-state index contributed by atoms with van der Waals surface area (Å²) in [6.07, 6.45) is 0. The second kappa shape index (κ2) is 7.29. The van der Waals surface area contributed by atoms with Crippen LogP contribution in [0.1, 0.15) is 5.56 Å². The molecule has 21 heavy (non-hydrogen) atoms. The SMILES string of the molecule is O=C(COc1ccc(Cl)cc1Cl)OCc1ccccc1F. The molecule has 0 aliphatic carbocycles. The minimum Gasteiger partial charge on any atom is -0.480 e. The summed E-state index contributed by atoms with van der Waals surface area (Å²) in [6.45, 7) is -0.473. The van der Waals surface area contributed by atoms with Crippen molar-refractivity contribution in [3.8, 4) is 5.75 Å². The quantitative estimate of drug-likeness (QED) is 0.769. The molecule has 2 aromatic carbocycles. The number of esters is 1. The smallest absolute Gasteiger partial charge is 0.344 e. The van der Waals surface area contributed by atoms with Crippen molar-refractivity contribution in [2.24, 2.45) is 0 Å². The molecule has 0 fully saturated rings. The van der Waals surface area contributed by atoms with Gasteiger partial charge in [-0.25, -0.2) is 9.18 Å². The van der Waals surface area contributed by atoms with E-state index in [2.05, 4.69) is 0 Å². The van der Waals surface area contributed by atoms with E-state index >= 15 is 0 Å². The Kier molecular flexibility index (Phi) is 5.42. The van der Waals surface area contributed by atoms with Crippen molar-refractivity contribution in [1.29, 1.82) is 0 Å². The molecule has 2 rings (SSSR count). The lowest BCUT2D eigenvalue weighted by Crippen LogP contribution is -2.15. The molecular weight excluding hydrogens is 318 g/mol. The van der Waals surface area contributed by atoms with Gasteiger partial charge < -0.3 is 9.47 Å². The molecule has 0 radical (unpaired) electrons. The molecule has 3 nitrogen and oxygen atoms in total. The summed E-state index contributed by atoms with van der Waals surface area (Å²) in [5, 5.41) is 0.763. The largest absolute Gasteiger partial charge is 0.480 e. The van der Waals surface area contributed by atoms with Crippen molar-refractivity contribution in [2.75, 3.05) is 6.61 Å². The van der Waals surface area contributed by atoms with Crippen molar-refractivity contribution in [3.63, 3.8) is 0 Å². The van der Waals surface area contributed by atoms with E-state index in [1.165, 1.54) is 12.1 Å². The molecule has 0 spiro atoms. The van der Waals surface area contributed by atoms with Crippen LogP contribution in [0, 0.1) is 5.82 Å². The number of hydrogen-bond acceptors (Lipinski definition) is 3. The fourth-order valence-electron chi connectivity index (χ4n) is 1.54. The highest BCUT2D eigenvalue weighted by molar-refractivity contribution is 6.35. The summed E-state index contributed by atoms with van der Waals surface area (Å²) < 4.78 is 23.5. The van der Waals surface area contributed by atoms with Crippen LogP contribution in [-0.4, -0.2) is 12.6 Å². The van der Waals surface area contributed by atoms with Crippen LogP contribution in [0.25, 0.3) is 0 Å². The second-order valence-electron chi connectivity index (χ2n) is 4.12. The van der Waals surface area contributed by atoms with Crippen LogP contribution in [0.4, 0.5) is 4.39 Å². The summed E-state index contributed by atoms with van der Waals surface area (Å²) in [4.78, 5) is 11.5. The number of carbonyl (C=O) groups excluding carboxylic acids is 1. The molecule has 0 N–H and O–H groups in total. The maximum absolute atomic E-state index is 13.3. The summed E-state index contributed by atoms with van der Waals surface area (Å²) in [6, 6.07) is 10.7. The molecule has 2 aromatic rings. The van der Waals surface area contributed by atoms with Crippen LogP contribution in [0.2, 0.25) is 10.0 Å². The molecule has 6 heteroatoms. The molecule has 0 heterocycles. The minimum absolute atomic E-state index is 0.150. The van der Waals surface area contributed by atoms with Crippen LogP contribution < -0.4 is 4.74 Å². The third kappa shape index (κ3) is 4.62. The fourth-order valence-corrected chi connectivity index (χ4v) is 2.01. The number of benzene rings is 2. The Hall–Kier alpha value is -1.78. The highest BCUT2D eigenvalue weighted by atomic mass is 35.5. The third-order valence-corrected chi connectivity index (χ3v) is 3.12. The first-order valence-corrected chi connectivity index (χ1v) is 6.79. The first kappa shape index (κ1) is 15.6. The van der Waals surface area contributed by atoms with Gasteiger partial charge in [0.25, 0.3) is 0 Å². The molecule has 0 unspecified atom stereocenters. The molecule has 0 saturated carbocycles. The van der Waals surface area contributed by atoms with E-state index in [-0.39, 0.29) is 13.2 Å². The number of ether oxygens (including phenoxy) is 2. The third-order valence-electron chi connectivity index (χ3n) is 2.59. The Bertz CT molecular complexity index is 647. The number of rotatable bonds is 5. The van der Waals surface area contributed by atoms with Gasteiger partial charge in [0.05, 0.1) is 5.02 Å². The molecular formula is C15H11Cl2FO3. The zero-order valence-electron chi connectivity index (χ0n) is 10.8. The first-order chi connectivity index (χ1) is 10.1. The standard InChI is InChI=1S/C15H11Cl2FO3/c16-11-5-6-14(12(17)7-11)20-9-15(19)21-8-10-3-1-2-4-13(10)18/h1-7H,8-9H2. The fraction of sp³-hybridized carbons (Fsp3) is 0.133. The zero-order chi connectivity index (χ0) is 15.2. The van der Waals surface area contributed by atoms with Crippen molar-refractivity contribution in [2.45, 2.75) is 6.61 Å². The zero-order valence-corrected chi connectivity index (χ0v) is 12.3. The Labute approximate surface area is 131 Å². The molecule has 0 aliphatic rings. The summed E-state index contributed by atoms with van der Waals surface area (Å²) >= 11 is 11.6. The Morgan fingerprint density at radius 2 is 1.90 bits per heavy atom. The minimum atomic E-state index is -0.621. The van der Waals surface area contributed by atoms with Crippen molar-refractivity contribution < 1.29 is 18.7 Å². The van der Waals surface area contributed by atoms with Gasteiger partial charge in [0.15, 0.2) is 6.61 Å². The molecule has 0 atom stereocenters. The Morgan fingerprint density at radius 1 is 1.14 bits per heavy atom. The second-order valence-corrected chi connectivity index (χ2v) is 4.96. The van der Waals surface area contributed by atoms with Crippen LogP contribution in [0.15, 0.2) is 42.5 Å². The normalized spacial score (nSPS) is 10.2. The van der Waals surface area contributed by atoms with Gasteiger partial charge in [0.2, 0.25) is 0 Å². The van der Waals surface area contributed by atoms with E-state index < -0.39 is 11.8 Å². The Balaban J connectivity index is 1.84. The lowest BCUT2D eigenvalue weighted by molar-refractivity contribution is -0.147. The predicted octanol–water partition coefficient (Wildman–Crippen LogP) is 4.25. The average Bonchev–Trinajstić information content (AvgIpc) is 2.45. The van der Waals surface area contributed by atoms with E-state index in [0.717, 1.165) is 0 Å². The van der Waals surface area contributed by atoms with E-state index in [9.17, 15) is 9.18 Å². The van der Waals surface area contributed by atoms with Gasteiger partial charge in [-0.3, -0.25) is 0 Å². The number of halogens is 3. The lowest BCUT2D eigenvalue weighted by Gasteiger charge is -2.09. The van der Waals surface area contributed by atoms with E-state index in [4.69, 9.17) is 32.7 Å². The average molecular weight is 329 g/mol. The van der Waals surface area contributed by atoms with E-state index in [1.54, 1.807) is 30.3 Å². The Morgan fingerprint density at radius 3 is 2.62 bits per heavy atom. The van der Waals surface area contributed by atoms with Gasteiger partial charge in [-0.2, -0.15) is 0 Å². The predicted molar refractivity (Wildman–Crippen MR) is 78.2 cm³/mol. The summed E-state index contributed by atoms with van der Waals surface area (Å²) in [5.74, 6) is -0.722. The van der Waals surface area contributed by atoms with E-state index in [0.29, 0.717) is 21.4 Å². The van der Waals surface area contributed by atoms with Gasteiger partial charge in [-0.1, -0.05) is 41.4 Å². The highest BCUT2D eigenvalue weighted by Gasteiger charge is 2.09. The topological polar surface area (TPSA) is 35.5 Å². The van der Waals surface area contributed by atoms with Crippen molar-refractivity contribution in [3.05, 3.63) is 63.9 Å². The molecule has 0 amide bonds. The monoisotopic (exact) mass is 328 g/mol. The molecule has 0 bridgehead atoms. The maximum atomic E-state index is 13.3. The summed E-state index contributed by atoms with van der Waals surface area (Å²) in [7, 11) is 0. The van der Waals surface area contributed by atoms with Crippen LogP contribution >= 0.6 is 23.2 Å². The molecule has 110 valence electrons. The van der Waals surface area contributed by atoms with Gasteiger partial charge >= 0.3 is 5.97 Å².